The highest BCUT2D eigenvalue weighted by Crippen LogP contribution is 2.23. The third-order valence-corrected chi connectivity index (χ3v) is 4.37. The lowest BCUT2D eigenvalue weighted by molar-refractivity contribution is -0.132. The average Bonchev–Trinajstić information content (AvgIpc) is 2.89. The molecule has 1 amide bonds. The van der Waals surface area contributed by atoms with E-state index in [0.29, 0.717) is 17.1 Å². The number of hydrogen-bond acceptors (Lipinski definition) is 3. The molecule has 1 fully saturated rings. The minimum absolute atomic E-state index is 0.0223. The van der Waals surface area contributed by atoms with E-state index >= 15 is 0 Å². The first-order valence-electron chi connectivity index (χ1n) is 6.50. The summed E-state index contributed by atoms with van der Waals surface area (Å²) < 4.78 is 13.4. The molecule has 1 aromatic carbocycles. The standard InChI is InChI=1S/C14H18FNO2S/c15-12-5-1-2-6-13(12)19-9-7-14(18)16-8-3-4-11(16)10-17/h1-2,5-6,11,17H,3-4,7-10H2/t11-/m1/s1. The quantitative estimate of drug-likeness (QED) is 0.843. The molecule has 1 saturated heterocycles. The Morgan fingerprint density at radius 3 is 3.00 bits per heavy atom. The molecule has 19 heavy (non-hydrogen) atoms. The van der Waals surface area contributed by atoms with Crippen LogP contribution in [0.4, 0.5) is 4.39 Å². The fraction of sp³-hybridized carbons (Fsp3) is 0.500. The lowest BCUT2D eigenvalue weighted by Crippen LogP contribution is -2.37. The van der Waals surface area contributed by atoms with E-state index in [-0.39, 0.29) is 24.4 Å². The van der Waals surface area contributed by atoms with Crippen molar-refractivity contribution < 1.29 is 14.3 Å². The molecule has 1 heterocycles. The van der Waals surface area contributed by atoms with E-state index in [1.54, 1.807) is 23.1 Å². The first-order chi connectivity index (χ1) is 9.22. The molecule has 104 valence electrons. The molecule has 0 unspecified atom stereocenters. The number of thioether (sulfide) groups is 1. The van der Waals surface area contributed by atoms with E-state index in [9.17, 15) is 14.3 Å². The van der Waals surface area contributed by atoms with Gasteiger partial charge in [-0.05, 0) is 25.0 Å². The number of benzene rings is 1. The van der Waals surface area contributed by atoms with Crippen molar-refractivity contribution in [3.63, 3.8) is 0 Å². The number of halogens is 1. The molecular weight excluding hydrogens is 265 g/mol. The number of aliphatic hydroxyl groups excluding tert-OH is 1. The van der Waals surface area contributed by atoms with Crippen LogP contribution < -0.4 is 0 Å². The van der Waals surface area contributed by atoms with Gasteiger partial charge < -0.3 is 10.0 Å². The summed E-state index contributed by atoms with van der Waals surface area (Å²) in [4.78, 5) is 14.3. The van der Waals surface area contributed by atoms with E-state index in [0.717, 1.165) is 19.4 Å². The summed E-state index contributed by atoms with van der Waals surface area (Å²) in [6.45, 7) is 0.765. The zero-order valence-electron chi connectivity index (χ0n) is 10.7. The maximum absolute atomic E-state index is 13.4. The fourth-order valence-corrected chi connectivity index (χ4v) is 3.18. The molecule has 0 spiro atoms. The Bertz CT molecular complexity index is 441. The van der Waals surface area contributed by atoms with Crippen LogP contribution in [0, 0.1) is 5.82 Å². The van der Waals surface area contributed by atoms with Crippen LogP contribution in [0.3, 0.4) is 0 Å². The number of amides is 1. The lowest BCUT2D eigenvalue weighted by atomic mass is 10.2. The van der Waals surface area contributed by atoms with Crippen molar-refractivity contribution >= 4 is 17.7 Å². The van der Waals surface area contributed by atoms with Crippen LogP contribution in [0.15, 0.2) is 29.2 Å². The molecule has 5 heteroatoms. The van der Waals surface area contributed by atoms with Gasteiger partial charge in [-0.2, -0.15) is 0 Å². The topological polar surface area (TPSA) is 40.5 Å². The van der Waals surface area contributed by atoms with Crippen molar-refractivity contribution in [3.05, 3.63) is 30.1 Å². The second-order valence-electron chi connectivity index (χ2n) is 4.59. The SMILES string of the molecule is O=C(CCSc1ccccc1F)N1CCC[C@@H]1CO. The third kappa shape index (κ3) is 3.70. The molecule has 0 aliphatic carbocycles. The monoisotopic (exact) mass is 283 g/mol. The predicted octanol–water partition coefficient (Wildman–Crippen LogP) is 2.29. The Morgan fingerprint density at radius 2 is 2.26 bits per heavy atom. The number of rotatable bonds is 5. The zero-order valence-corrected chi connectivity index (χ0v) is 11.5. The number of nitrogens with zero attached hydrogens (tertiary/aromatic N) is 1. The van der Waals surface area contributed by atoms with Crippen molar-refractivity contribution in [1.29, 1.82) is 0 Å². The number of aliphatic hydroxyl groups is 1. The normalized spacial score (nSPS) is 18.8. The van der Waals surface area contributed by atoms with Crippen molar-refractivity contribution in [3.8, 4) is 0 Å². The van der Waals surface area contributed by atoms with Gasteiger partial charge in [0.05, 0.1) is 12.6 Å². The van der Waals surface area contributed by atoms with E-state index in [1.165, 1.54) is 17.8 Å². The highest BCUT2D eigenvalue weighted by Gasteiger charge is 2.27. The van der Waals surface area contributed by atoms with Gasteiger partial charge in [-0.1, -0.05) is 12.1 Å². The fourth-order valence-electron chi connectivity index (χ4n) is 2.31. The summed E-state index contributed by atoms with van der Waals surface area (Å²) in [5.41, 5.74) is 0. The molecule has 1 aromatic rings. The average molecular weight is 283 g/mol. The summed E-state index contributed by atoms with van der Waals surface area (Å²) in [5.74, 6) is 0.378. The zero-order chi connectivity index (χ0) is 13.7. The number of hydrogen-bond donors (Lipinski definition) is 1. The summed E-state index contributed by atoms with van der Waals surface area (Å²) in [7, 11) is 0. The Hall–Kier alpha value is -1.07. The van der Waals surface area contributed by atoms with Gasteiger partial charge in [0, 0.05) is 23.6 Å². The highest BCUT2D eigenvalue weighted by atomic mass is 32.2. The van der Waals surface area contributed by atoms with Crippen molar-refractivity contribution in [2.45, 2.75) is 30.2 Å². The highest BCUT2D eigenvalue weighted by molar-refractivity contribution is 7.99. The number of likely N-dealkylation sites (tertiary alicyclic amines) is 1. The Kier molecular flexibility index (Phi) is 5.22. The minimum atomic E-state index is -0.241. The van der Waals surface area contributed by atoms with Gasteiger partial charge in [0.15, 0.2) is 0 Å². The van der Waals surface area contributed by atoms with Gasteiger partial charge in [-0.15, -0.1) is 11.8 Å². The number of carbonyl (C=O) groups is 1. The Labute approximate surface area is 116 Å². The van der Waals surface area contributed by atoms with Crippen LogP contribution >= 0.6 is 11.8 Å². The molecule has 1 N–H and O–H groups in total. The van der Waals surface area contributed by atoms with Gasteiger partial charge in [0.2, 0.25) is 5.91 Å². The van der Waals surface area contributed by atoms with E-state index in [1.807, 2.05) is 0 Å². The van der Waals surface area contributed by atoms with Crippen LogP contribution in [-0.4, -0.2) is 40.9 Å². The largest absolute Gasteiger partial charge is 0.394 e. The molecule has 0 saturated carbocycles. The summed E-state index contributed by atoms with van der Waals surface area (Å²) in [6.07, 6.45) is 2.22. The van der Waals surface area contributed by atoms with Crippen molar-refractivity contribution in [2.75, 3.05) is 18.9 Å². The minimum Gasteiger partial charge on any atom is -0.394 e. The molecule has 0 radical (unpaired) electrons. The Morgan fingerprint density at radius 1 is 1.47 bits per heavy atom. The first-order valence-corrected chi connectivity index (χ1v) is 7.48. The van der Waals surface area contributed by atoms with Crippen LogP contribution in [0.2, 0.25) is 0 Å². The lowest BCUT2D eigenvalue weighted by Gasteiger charge is -2.22. The molecule has 1 aliphatic rings. The molecule has 2 rings (SSSR count). The third-order valence-electron chi connectivity index (χ3n) is 3.32. The molecule has 3 nitrogen and oxygen atoms in total. The van der Waals surface area contributed by atoms with Gasteiger partial charge >= 0.3 is 0 Å². The summed E-state index contributed by atoms with van der Waals surface area (Å²) >= 11 is 1.36. The van der Waals surface area contributed by atoms with Crippen LogP contribution in [0.1, 0.15) is 19.3 Å². The van der Waals surface area contributed by atoms with E-state index < -0.39 is 0 Å². The van der Waals surface area contributed by atoms with E-state index in [2.05, 4.69) is 0 Å². The smallest absolute Gasteiger partial charge is 0.223 e. The Balaban J connectivity index is 1.80. The second-order valence-corrected chi connectivity index (χ2v) is 5.73. The predicted molar refractivity (Wildman–Crippen MR) is 73.6 cm³/mol. The van der Waals surface area contributed by atoms with Crippen LogP contribution in [0.25, 0.3) is 0 Å². The molecule has 1 atom stereocenters. The first kappa shape index (κ1) is 14.3. The van der Waals surface area contributed by atoms with Gasteiger partial charge in [0.25, 0.3) is 0 Å². The maximum atomic E-state index is 13.4. The van der Waals surface area contributed by atoms with Gasteiger partial charge in [0.1, 0.15) is 5.82 Å². The van der Waals surface area contributed by atoms with Crippen LogP contribution in [0.5, 0.6) is 0 Å². The second kappa shape index (κ2) is 6.91. The van der Waals surface area contributed by atoms with Gasteiger partial charge in [-0.25, -0.2) is 4.39 Å². The maximum Gasteiger partial charge on any atom is 0.223 e. The van der Waals surface area contributed by atoms with Gasteiger partial charge in [-0.3, -0.25) is 4.79 Å². The van der Waals surface area contributed by atoms with Crippen LogP contribution in [-0.2, 0) is 4.79 Å². The van der Waals surface area contributed by atoms with E-state index in [4.69, 9.17) is 0 Å². The summed E-state index contributed by atoms with van der Waals surface area (Å²) in [6, 6.07) is 6.56. The molecule has 0 bridgehead atoms. The van der Waals surface area contributed by atoms with Crippen molar-refractivity contribution in [2.24, 2.45) is 0 Å². The number of carbonyl (C=O) groups excluding carboxylic acids is 1. The summed E-state index contributed by atoms with van der Waals surface area (Å²) in [5, 5.41) is 9.18. The molecular formula is C14H18FNO2S. The molecule has 0 aromatic heterocycles. The van der Waals surface area contributed by atoms with Crippen molar-refractivity contribution in [1.82, 2.24) is 4.90 Å². The molecule has 1 aliphatic heterocycles.